The highest BCUT2D eigenvalue weighted by atomic mass is 16.3. The molecule has 0 saturated heterocycles. The van der Waals surface area contributed by atoms with Gasteiger partial charge >= 0.3 is 0 Å². The van der Waals surface area contributed by atoms with Crippen LogP contribution in [0.2, 0.25) is 0 Å². The lowest BCUT2D eigenvalue weighted by atomic mass is 9.35. The van der Waals surface area contributed by atoms with Gasteiger partial charge in [-0.15, -0.1) is 0 Å². The number of para-hydroxylation sites is 2. The van der Waals surface area contributed by atoms with Gasteiger partial charge in [-0.1, -0.05) is 158 Å². The van der Waals surface area contributed by atoms with Gasteiger partial charge in [0.05, 0.1) is 11.3 Å². The molecule has 8 aromatic rings. The molecule has 4 nitrogen and oxygen atoms in total. The van der Waals surface area contributed by atoms with Crippen molar-refractivity contribution in [2.45, 2.75) is 187 Å². The van der Waals surface area contributed by atoms with Gasteiger partial charge in [0.25, 0.3) is 6.71 Å². The van der Waals surface area contributed by atoms with E-state index in [4.69, 9.17) is 4.42 Å². The molecule has 13 rings (SSSR count). The molecule has 0 amide bonds. The van der Waals surface area contributed by atoms with E-state index in [0.29, 0.717) is 0 Å². The monoisotopic (exact) mass is 1030 g/mol. The van der Waals surface area contributed by atoms with E-state index in [2.05, 4.69) is 259 Å². The number of hydrogen-bond acceptors (Lipinski definition) is 4. The van der Waals surface area contributed by atoms with E-state index in [1.54, 1.807) is 0 Å². The number of aryl methyl sites for hydroxylation is 1. The van der Waals surface area contributed by atoms with Gasteiger partial charge < -0.3 is 19.1 Å². The minimum absolute atomic E-state index is 0.0216. The van der Waals surface area contributed by atoms with Crippen LogP contribution in [0.1, 0.15) is 187 Å². The Kier molecular flexibility index (Phi) is 11.0. The predicted octanol–water partition coefficient (Wildman–Crippen LogP) is 18.6. The Morgan fingerprint density at radius 2 is 0.949 bits per heavy atom. The smallest absolute Gasteiger partial charge is 0.297 e. The SMILES string of the molecule is Cc1cc2c3c(c1)N(c1ccc4c(c1)C(C)(C)CCC4(C)C)c1c(oc4cc5c(cc14)C(C)(C)CCC5(C)C)B3c1ccc(N(c3ccccc3)c3ccccc3C(C)(C)C)cc1N2c1ccc2c(c1)C(C)(C)CCC2(C)C. The summed E-state index contributed by atoms with van der Waals surface area (Å²) in [6.45, 7) is 38.6. The first-order chi connectivity index (χ1) is 36.7. The number of fused-ring (bicyclic) bond motifs is 9. The third-order valence-corrected chi connectivity index (χ3v) is 20.2. The lowest BCUT2D eigenvalue weighted by Gasteiger charge is -2.45. The minimum atomic E-state index is -0.180. The first-order valence-corrected chi connectivity index (χ1v) is 29.4. The number of nitrogens with zero attached hydrogens (tertiary/aromatic N) is 3. The first-order valence-electron chi connectivity index (χ1n) is 29.4. The van der Waals surface area contributed by atoms with Gasteiger partial charge in [0.1, 0.15) is 5.58 Å². The fraction of sp³-hybridized carbons (Fsp3) is 0.397. The average Bonchev–Trinajstić information content (AvgIpc) is 3.00. The molecule has 3 heterocycles. The number of furan rings is 1. The molecule has 398 valence electrons. The summed E-state index contributed by atoms with van der Waals surface area (Å²) in [5.74, 6) is 0. The Hall–Kier alpha value is -6.46. The Morgan fingerprint density at radius 1 is 0.462 bits per heavy atom. The van der Waals surface area contributed by atoms with Crippen molar-refractivity contribution in [3.05, 3.63) is 178 Å². The van der Waals surface area contributed by atoms with Gasteiger partial charge in [-0.3, -0.25) is 0 Å². The van der Waals surface area contributed by atoms with Crippen molar-refractivity contribution in [1.82, 2.24) is 0 Å². The van der Waals surface area contributed by atoms with Crippen molar-refractivity contribution in [1.29, 1.82) is 0 Å². The Morgan fingerprint density at radius 3 is 1.51 bits per heavy atom. The summed E-state index contributed by atoms with van der Waals surface area (Å²) in [6.07, 6.45) is 6.94. The molecule has 78 heavy (non-hydrogen) atoms. The van der Waals surface area contributed by atoms with Gasteiger partial charge in [0.2, 0.25) is 0 Å². The first kappa shape index (κ1) is 51.0. The maximum Gasteiger partial charge on any atom is 0.297 e. The predicted molar refractivity (Wildman–Crippen MR) is 334 cm³/mol. The summed E-state index contributed by atoms with van der Waals surface area (Å²) in [4.78, 5) is 7.79. The normalized spacial score (nSPS) is 19.5. The average molecular weight is 1030 g/mol. The molecule has 0 saturated carbocycles. The third kappa shape index (κ3) is 7.66. The molecule has 1 aromatic heterocycles. The lowest BCUT2D eigenvalue weighted by molar-refractivity contribution is 0.332. The second kappa shape index (κ2) is 16.8. The van der Waals surface area contributed by atoms with E-state index in [0.717, 1.165) is 48.3 Å². The van der Waals surface area contributed by atoms with E-state index in [1.165, 1.54) is 113 Å². The maximum absolute atomic E-state index is 7.76. The number of benzene rings is 7. The molecule has 0 radical (unpaired) electrons. The Labute approximate surface area is 467 Å². The number of anilines is 9. The quantitative estimate of drug-likeness (QED) is 0.160. The summed E-state index contributed by atoms with van der Waals surface area (Å²) >= 11 is 0. The summed E-state index contributed by atoms with van der Waals surface area (Å²) < 4.78 is 7.76. The summed E-state index contributed by atoms with van der Waals surface area (Å²) in [5.41, 5.74) is 26.7. The van der Waals surface area contributed by atoms with Crippen LogP contribution in [0.5, 0.6) is 0 Å². The van der Waals surface area contributed by atoms with Gasteiger partial charge in [-0.2, -0.15) is 0 Å². The van der Waals surface area contributed by atoms with Gasteiger partial charge in [0, 0.05) is 50.9 Å². The van der Waals surface area contributed by atoms with Crippen LogP contribution in [0.4, 0.5) is 51.2 Å². The molecular formula is C73H82BN3O. The fourth-order valence-corrected chi connectivity index (χ4v) is 15.1. The molecule has 3 aliphatic carbocycles. The highest BCUT2D eigenvalue weighted by Crippen LogP contribution is 2.55. The van der Waals surface area contributed by atoms with Crippen LogP contribution < -0.4 is 31.3 Å². The van der Waals surface area contributed by atoms with Gasteiger partial charge in [-0.25, -0.2) is 0 Å². The largest absolute Gasteiger partial charge is 0.468 e. The van der Waals surface area contributed by atoms with Crippen LogP contribution in [0, 0.1) is 6.92 Å². The van der Waals surface area contributed by atoms with Crippen LogP contribution in [-0.4, -0.2) is 6.71 Å². The Bertz CT molecular complexity index is 3780. The van der Waals surface area contributed by atoms with Crippen molar-refractivity contribution < 1.29 is 4.42 Å². The molecule has 0 spiro atoms. The van der Waals surface area contributed by atoms with Crippen molar-refractivity contribution in [2.75, 3.05) is 14.7 Å². The van der Waals surface area contributed by atoms with Crippen molar-refractivity contribution in [2.24, 2.45) is 0 Å². The Balaban J connectivity index is 1.14. The summed E-state index contributed by atoms with van der Waals surface area (Å²) in [7, 11) is 0. The molecule has 0 atom stereocenters. The number of rotatable bonds is 5. The van der Waals surface area contributed by atoms with Crippen molar-refractivity contribution in [3.63, 3.8) is 0 Å². The summed E-state index contributed by atoms with van der Waals surface area (Å²) in [5, 5.41) is 1.20. The molecule has 2 aliphatic heterocycles. The molecule has 0 N–H and O–H groups in total. The second-order valence-electron chi connectivity index (χ2n) is 29.5. The summed E-state index contributed by atoms with van der Waals surface area (Å²) in [6, 6.07) is 52.3. The van der Waals surface area contributed by atoms with E-state index in [9.17, 15) is 0 Å². The molecule has 5 aliphatic rings. The van der Waals surface area contributed by atoms with E-state index >= 15 is 0 Å². The zero-order chi connectivity index (χ0) is 55.0. The molecular weight excluding hydrogens is 946 g/mol. The fourth-order valence-electron chi connectivity index (χ4n) is 15.1. The van der Waals surface area contributed by atoms with E-state index < -0.39 is 0 Å². The van der Waals surface area contributed by atoms with Crippen LogP contribution in [0.15, 0.2) is 138 Å². The van der Waals surface area contributed by atoms with Crippen LogP contribution in [-0.2, 0) is 37.9 Å². The highest BCUT2D eigenvalue weighted by molar-refractivity contribution is 7.00. The van der Waals surface area contributed by atoms with Gasteiger partial charge in [-0.05, 0) is 218 Å². The standard InChI is InChI=1S/C73H82BN3O/c1-45-38-61-64-62(39-45)77(48-27-30-52-55(41-48)71(11,12)35-33-69(52,7)8)65-50-43-56-57(73(15,16)37-36-72(56,13)14)44-63(50)78-66(65)74(64)58-31-28-49(75(46-22-18-17-19-23-46)59-25-21-20-24-53(59)67(2,3)4)42-60(58)76(61)47-26-29-51-54(40-47)70(9,10)34-32-68(51,5)6/h17-31,38-44H,32-37H2,1-16H3. The molecule has 0 unspecified atom stereocenters. The topological polar surface area (TPSA) is 22.9 Å². The van der Waals surface area contributed by atoms with E-state index in [1.807, 2.05) is 0 Å². The number of hydrogen-bond donors (Lipinski definition) is 0. The molecule has 7 aromatic carbocycles. The molecule has 0 fully saturated rings. The van der Waals surface area contributed by atoms with Crippen LogP contribution >= 0.6 is 0 Å². The maximum atomic E-state index is 7.76. The van der Waals surface area contributed by atoms with Crippen LogP contribution in [0.25, 0.3) is 11.0 Å². The van der Waals surface area contributed by atoms with Gasteiger partial charge in [0.15, 0.2) is 0 Å². The van der Waals surface area contributed by atoms with Crippen molar-refractivity contribution in [3.8, 4) is 0 Å². The zero-order valence-electron chi connectivity index (χ0n) is 49.8. The third-order valence-electron chi connectivity index (χ3n) is 20.2. The molecule has 0 bridgehead atoms. The second-order valence-corrected chi connectivity index (χ2v) is 29.5. The van der Waals surface area contributed by atoms with Crippen molar-refractivity contribution >= 4 is 85.5 Å². The lowest BCUT2D eigenvalue weighted by Crippen LogP contribution is -2.61. The minimum Gasteiger partial charge on any atom is -0.468 e. The van der Waals surface area contributed by atoms with Crippen LogP contribution in [0.3, 0.4) is 0 Å². The molecule has 5 heteroatoms. The highest BCUT2D eigenvalue weighted by Gasteiger charge is 2.49. The van der Waals surface area contributed by atoms with E-state index in [-0.39, 0.29) is 44.6 Å². The zero-order valence-corrected chi connectivity index (χ0v) is 49.8.